The zero-order chi connectivity index (χ0) is 63.7. The van der Waals surface area contributed by atoms with Crippen LogP contribution in [-0.2, 0) is 0 Å². The summed E-state index contributed by atoms with van der Waals surface area (Å²) in [5.41, 5.74) is 24.9. The average molecular weight is 1220 g/mol. The predicted molar refractivity (Wildman–Crippen MR) is 412 cm³/mol. The third kappa shape index (κ3) is 10.6. The summed E-state index contributed by atoms with van der Waals surface area (Å²) in [6.45, 7) is 0. The lowest BCUT2D eigenvalue weighted by molar-refractivity contribution is 1.58. The molecule has 0 nitrogen and oxygen atoms in total. The minimum Gasteiger partial charge on any atom is -0.0622 e. The molecule has 0 aliphatic heterocycles. The monoisotopic (exact) mass is 1220 g/mol. The first kappa shape index (κ1) is 57.4. The van der Waals surface area contributed by atoms with Crippen molar-refractivity contribution in [2.75, 3.05) is 0 Å². The molecule has 0 N–H and O–H groups in total. The fourth-order valence-corrected chi connectivity index (χ4v) is 14.9. The van der Waals surface area contributed by atoms with E-state index in [1.54, 1.807) is 0 Å². The van der Waals surface area contributed by atoms with Crippen LogP contribution in [0.4, 0.5) is 0 Å². The van der Waals surface area contributed by atoms with Gasteiger partial charge >= 0.3 is 0 Å². The molecule has 0 heterocycles. The van der Waals surface area contributed by atoms with Gasteiger partial charge in [0.1, 0.15) is 0 Å². The van der Waals surface area contributed by atoms with Crippen LogP contribution in [0, 0.1) is 0 Å². The molecule has 18 rings (SSSR count). The van der Waals surface area contributed by atoms with Gasteiger partial charge in [-0.15, -0.1) is 0 Å². The van der Waals surface area contributed by atoms with Crippen LogP contribution in [0.15, 0.2) is 388 Å². The van der Waals surface area contributed by atoms with Gasteiger partial charge in [0, 0.05) is 0 Å². The van der Waals surface area contributed by atoms with Crippen LogP contribution in [0.2, 0.25) is 0 Å². The molecule has 0 aliphatic rings. The van der Waals surface area contributed by atoms with E-state index in [4.69, 9.17) is 0 Å². The summed E-state index contributed by atoms with van der Waals surface area (Å²) in [4.78, 5) is 0. The highest BCUT2D eigenvalue weighted by molar-refractivity contribution is 6.25. The number of hydrogen-bond donors (Lipinski definition) is 0. The van der Waals surface area contributed by atoms with Crippen molar-refractivity contribution in [2.45, 2.75) is 0 Å². The maximum atomic E-state index is 2.33. The summed E-state index contributed by atoms with van der Waals surface area (Å²) in [5, 5.41) is 15.2. The van der Waals surface area contributed by atoms with Gasteiger partial charge in [-0.2, -0.15) is 0 Å². The van der Waals surface area contributed by atoms with E-state index in [9.17, 15) is 0 Å². The van der Waals surface area contributed by atoms with Gasteiger partial charge < -0.3 is 0 Å². The van der Waals surface area contributed by atoms with Gasteiger partial charge in [0.2, 0.25) is 0 Å². The van der Waals surface area contributed by atoms with E-state index in [2.05, 4.69) is 388 Å². The maximum Gasteiger partial charge on any atom is -0.00201 e. The normalized spacial score (nSPS) is 11.3. The van der Waals surface area contributed by atoms with Crippen molar-refractivity contribution in [2.24, 2.45) is 0 Å². The van der Waals surface area contributed by atoms with Crippen LogP contribution in [-0.4, -0.2) is 0 Å². The van der Waals surface area contributed by atoms with E-state index < -0.39 is 0 Å². The molecule has 0 atom stereocenters. The largest absolute Gasteiger partial charge is 0.0622 e. The summed E-state index contributed by atoms with van der Waals surface area (Å²) >= 11 is 0. The first-order chi connectivity index (χ1) is 47.7. The Morgan fingerprint density at radius 1 is 0.104 bits per heavy atom. The second-order valence-electron chi connectivity index (χ2n) is 24.9. The van der Waals surface area contributed by atoms with Crippen molar-refractivity contribution < 1.29 is 0 Å². The average Bonchev–Trinajstić information content (AvgIpc) is 0.736. The zero-order valence-corrected chi connectivity index (χ0v) is 53.0. The van der Waals surface area contributed by atoms with Crippen molar-refractivity contribution in [1.82, 2.24) is 0 Å². The van der Waals surface area contributed by atoms with E-state index in [0.717, 1.165) is 0 Å². The second kappa shape index (κ2) is 25.2. The van der Waals surface area contributed by atoms with Gasteiger partial charge in [-0.1, -0.05) is 382 Å². The lowest BCUT2D eigenvalue weighted by Gasteiger charge is -2.20. The van der Waals surface area contributed by atoms with Crippen LogP contribution in [0.25, 0.3) is 176 Å². The Balaban J connectivity index is 0.000000145. The molecule has 18 aromatic rings. The molecule has 0 heteroatoms. The summed E-state index contributed by atoms with van der Waals surface area (Å²) < 4.78 is 0. The van der Waals surface area contributed by atoms with Crippen molar-refractivity contribution in [3.8, 4) is 111 Å². The van der Waals surface area contributed by atoms with Gasteiger partial charge in [0.15, 0.2) is 0 Å². The lowest BCUT2D eigenvalue weighted by atomic mass is 9.83. The maximum absolute atomic E-state index is 2.33. The number of fused-ring (bicyclic) bond motifs is 6. The minimum atomic E-state index is 1.22. The molecule has 0 aliphatic carbocycles. The molecule has 0 amide bonds. The van der Waals surface area contributed by atoms with Crippen LogP contribution in [0.3, 0.4) is 0 Å². The summed E-state index contributed by atoms with van der Waals surface area (Å²) in [7, 11) is 0. The van der Waals surface area contributed by atoms with E-state index in [1.165, 1.54) is 176 Å². The SMILES string of the molecule is c1ccc(-c2ccccc2-c2ccc(-c3c4ccccc4c(-c4ccc(-c5ccc6ccccc6c5)cc4)c4ccccc34)cc2)cc1.c1ccc(-c2ccccc2-c2ccc(-c3c4ccccc4c(-c4ccc(-c5ccccc5)c5ccccc45)c4ccccc34)cc2)cc1. The third-order valence-corrected chi connectivity index (χ3v) is 19.4. The van der Waals surface area contributed by atoms with E-state index in [1.807, 2.05) is 0 Å². The quantitative estimate of drug-likeness (QED) is 0.120. The van der Waals surface area contributed by atoms with Crippen molar-refractivity contribution >= 4 is 64.6 Å². The highest BCUT2D eigenvalue weighted by atomic mass is 14.2. The predicted octanol–water partition coefficient (Wildman–Crippen LogP) is 27.0. The number of benzene rings is 18. The minimum absolute atomic E-state index is 1.22. The molecule has 0 saturated heterocycles. The molecular weight excluding hydrogens is 1150 g/mol. The Labute approximate surface area is 560 Å². The second-order valence-corrected chi connectivity index (χ2v) is 24.9. The van der Waals surface area contributed by atoms with Gasteiger partial charge in [-0.05, 0) is 182 Å². The lowest BCUT2D eigenvalue weighted by Crippen LogP contribution is -1.92. The zero-order valence-electron chi connectivity index (χ0n) is 53.0. The molecule has 0 fully saturated rings. The molecular formula is C96H64. The highest BCUT2D eigenvalue weighted by Gasteiger charge is 2.21. The smallest absolute Gasteiger partial charge is 0.00201 e. The molecule has 448 valence electrons. The third-order valence-electron chi connectivity index (χ3n) is 19.4. The first-order valence-electron chi connectivity index (χ1n) is 33.2. The van der Waals surface area contributed by atoms with Gasteiger partial charge in [0.25, 0.3) is 0 Å². The van der Waals surface area contributed by atoms with Crippen LogP contribution in [0.1, 0.15) is 0 Å². The van der Waals surface area contributed by atoms with Crippen LogP contribution < -0.4 is 0 Å². The standard InChI is InChI=1S/2C48H32/c1-3-15-33(16-4-1)37-19-7-8-20-38(37)35-27-29-36(30-28-35)47-42-23-11-13-25-44(42)48(45-26-14-12-24-43(45)47)46-32-31-39(34-17-5-2-6-18-34)40-21-9-10-22-41(40)46;1-2-13-35(14-3-1)41-16-6-7-17-42(41)36-25-29-38(30-26-36)48-45-20-10-8-18-43(45)47(44-19-9-11-21-46(44)48)37-27-22-34(23-28-37)40-31-24-33-12-4-5-15-39(33)32-40/h2*1-32H. The van der Waals surface area contributed by atoms with Crippen molar-refractivity contribution in [3.05, 3.63) is 388 Å². The molecule has 18 aromatic carbocycles. The molecule has 96 heavy (non-hydrogen) atoms. The molecule has 0 unspecified atom stereocenters. The first-order valence-corrected chi connectivity index (χ1v) is 33.2. The van der Waals surface area contributed by atoms with Crippen LogP contribution >= 0.6 is 0 Å². The summed E-state index contributed by atoms with van der Waals surface area (Å²) in [6.07, 6.45) is 0. The number of rotatable bonds is 10. The van der Waals surface area contributed by atoms with Gasteiger partial charge in [-0.25, -0.2) is 0 Å². The van der Waals surface area contributed by atoms with Crippen molar-refractivity contribution in [3.63, 3.8) is 0 Å². The molecule has 0 radical (unpaired) electrons. The number of hydrogen-bond acceptors (Lipinski definition) is 0. The summed E-state index contributed by atoms with van der Waals surface area (Å²) in [5.74, 6) is 0. The molecule has 0 aromatic heterocycles. The Hall–Kier alpha value is -12.5. The fraction of sp³-hybridized carbons (Fsp3) is 0. The molecule has 0 saturated carbocycles. The molecule has 0 spiro atoms. The van der Waals surface area contributed by atoms with Gasteiger partial charge in [0.05, 0.1) is 0 Å². The van der Waals surface area contributed by atoms with Crippen LogP contribution in [0.5, 0.6) is 0 Å². The van der Waals surface area contributed by atoms with Gasteiger partial charge in [-0.3, -0.25) is 0 Å². The molecule has 0 bridgehead atoms. The topological polar surface area (TPSA) is 0 Å². The van der Waals surface area contributed by atoms with E-state index in [-0.39, 0.29) is 0 Å². The summed E-state index contributed by atoms with van der Waals surface area (Å²) in [6, 6.07) is 141. The Bertz CT molecular complexity index is 5770. The fourth-order valence-electron chi connectivity index (χ4n) is 14.9. The Morgan fingerprint density at radius 2 is 0.344 bits per heavy atom. The highest BCUT2D eigenvalue weighted by Crippen LogP contribution is 2.49. The van der Waals surface area contributed by atoms with Crippen molar-refractivity contribution in [1.29, 1.82) is 0 Å². The Kier molecular flexibility index (Phi) is 15.1. The van der Waals surface area contributed by atoms with E-state index in [0.29, 0.717) is 0 Å². The van der Waals surface area contributed by atoms with E-state index >= 15 is 0 Å². The Morgan fingerprint density at radius 3 is 0.719 bits per heavy atom.